The van der Waals surface area contributed by atoms with Crippen molar-refractivity contribution in [3.05, 3.63) is 28.2 Å². The van der Waals surface area contributed by atoms with Crippen LogP contribution in [0.25, 0.3) is 0 Å². The highest BCUT2D eigenvalue weighted by atomic mass is 79.9. The Balaban J connectivity index is 2.26. The number of aryl methyl sites for hydroxylation is 1. The van der Waals surface area contributed by atoms with E-state index in [9.17, 15) is 8.42 Å². The van der Waals surface area contributed by atoms with Crippen LogP contribution in [0.2, 0.25) is 0 Å². The molecule has 1 atom stereocenters. The number of hydrogen-bond donors (Lipinski definition) is 1. The van der Waals surface area contributed by atoms with Gasteiger partial charge in [0.1, 0.15) is 0 Å². The van der Waals surface area contributed by atoms with E-state index >= 15 is 0 Å². The zero-order valence-corrected chi connectivity index (χ0v) is 14.3. The Kier molecular flexibility index (Phi) is 5.23. The maximum Gasteiger partial charge on any atom is 0.243 e. The molecule has 0 radical (unpaired) electrons. The Morgan fingerprint density at radius 1 is 1.30 bits per heavy atom. The summed E-state index contributed by atoms with van der Waals surface area (Å²) >= 11 is 3.40. The molecule has 0 saturated carbocycles. The van der Waals surface area contributed by atoms with Crippen LogP contribution in [0.4, 0.5) is 0 Å². The summed E-state index contributed by atoms with van der Waals surface area (Å²) in [6.45, 7) is 3.75. The van der Waals surface area contributed by atoms with Crippen molar-refractivity contribution in [2.45, 2.75) is 37.1 Å². The molecule has 1 heterocycles. The van der Waals surface area contributed by atoms with Gasteiger partial charge in [-0.15, -0.1) is 0 Å². The molecule has 1 aliphatic rings. The third-order valence-corrected chi connectivity index (χ3v) is 6.66. The van der Waals surface area contributed by atoms with Gasteiger partial charge in [-0.3, -0.25) is 0 Å². The first-order valence-electron chi connectivity index (χ1n) is 6.88. The molecule has 1 fully saturated rings. The topological polar surface area (TPSA) is 49.4 Å². The van der Waals surface area contributed by atoms with Crippen LogP contribution in [0.15, 0.2) is 27.6 Å². The van der Waals surface area contributed by atoms with Gasteiger partial charge in [0.15, 0.2) is 0 Å². The summed E-state index contributed by atoms with van der Waals surface area (Å²) in [5, 5.41) is 3.31. The maximum atomic E-state index is 12.7. The lowest BCUT2D eigenvalue weighted by Crippen LogP contribution is -2.37. The predicted molar refractivity (Wildman–Crippen MR) is 84.3 cm³/mol. The lowest BCUT2D eigenvalue weighted by atomic mass is 10.1. The fraction of sp³-hybridized carbons (Fsp3) is 0.571. The molecular weight excluding hydrogens is 340 g/mol. The molecule has 1 N–H and O–H groups in total. The fourth-order valence-corrected chi connectivity index (χ4v) is 4.25. The van der Waals surface area contributed by atoms with Crippen LogP contribution >= 0.6 is 15.9 Å². The second-order valence-electron chi connectivity index (χ2n) is 5.27. The Morgan fingerprint density at radius 2 is 2.05 bits per heavy atom. The number of nitrogens with one attached hydrogen (secondary N) is 1. The fourth-order valence-electron chi connectivity index (χ4n) is 2.50. The van der Waals surface area contributed by atoms with Crippen LogP contribution in [0, 0.1) is 6.92 Å². The van der Waals surface area contributed by atoms with Gasteiger partial charge in [0.25, 0.3) is 0 Å². The smallest absolute Gasteiger partial charge is 0.243 e. The first-order chi connectivity index (χ1) is 9.43. The van der Waals surface area contributed by atoms with E-state index in [1.807, 2.05) is 6.92 Å². The summed E-state index contributed by atoms with van der Waals surface area (Å²) in [5.41, 5.74) is 0.932. The first-order valence-corrected chi connectivity index (χ1v) is 9.11. The zero-order valence-electron chi connectivity index (χ0n) is 11.9. The number of halogens is 1. The standard InChI is InChI=1S/C14H21BrN2O2S/c1-11-10-13(5-6-14(11)15)20(18,19)17(2)12-4-3-8-16-9-7-12/h5-6,10,12,16H,3-4,7-9H2,1-2H3. The molecule has 1 unspecified atom stereocenters. The third-order valence-electron chi connectivity index (χ3n) is 3.87. The van der Waals surface area contributed by atoms with Crippen LogP contribution in [0.3, 0.4) is 0 Å². The summed E-state index contributed by atoms with van der Waals surface area (Å²) in [6, 6.07) is 5.27. The number of rotatable bonds is 3. The van der Waals surface area contributed by atoms with E-state index in [0.717, 1.165) is 42.4 Å². The zero-order chi connectivity index (χ0) is 14.8. The second kappa shape index (κ2) is 6.56. The van der Waals surface area contributed by atoms with Gasteiger partial charge in [-0.05, 0) is 63.0 Å². The van der Waals surface area contributed by atoms with Crippen molar-refractivity contribution in [2.24, 2.45) is 0 Å². The predicted octanol–water partition coefficient (Wildman–Crippen LogP) is 2.52. The molecule has 112 valence electrons. The Labute approximate surface area is 129 Å². The maximum absolute atomic E-state index is 12.7. The van der Waals surface area contributed by atoms with Crippen molar-refractivity contribution in [1.29, 1.82) is 0 Å². The molecule has 1 aromatic carbocycles. The van der Waals surface area contributed by atoms with Crippen LogP contribution in [-0.2, 0) is 10.0 Å². The molecule has 2 rings (SSSR count). The SMILES string of the molecule is Cc1cc(S(=O)(=O)N(C)C2CCCNCC2)ccc1Br. The van der Waals surface area contributed by atoms with Crippen LogP contribution in [0.5, 0.6) is 0 Å². The molecule has 1 aromatic rings. The number of hydrogen-bond acceptors (Lipinski definition) is 3. The van der Waals surface area contributed by atoms with Crippen molar-refractivity contribution in [2.75, 3.05) is 20.1 Å². The van der Waals surface area contributed by atoms with Crippen molar-refractivity contribution < 1.29 is 8.42 Å². The lowest BCUT2D eigenvalue weighted by Gasteiger charge is -2.26. The molecular formula is C14H21BrN2O2S. The second-order valence-corrected chi connectivity index (χ2v) is 8.12. The Bertz CT molecular complexity index is 567. The van der Waals surface area contributed by atoms with E-state index in [-0.39, 0.29) is 6.04 Å². The van der Waals surface area contributed by atoms with Gasteiger partial charge in [0, 0.05) is 17.6 Å². The molecule has 1 saturated heterocycles. The molecule has 4 nitrogen and oxygen atoms in total. The van der Waals surface area contributed by atoms with Gasteiger partial charge in [-0.2, -0.15) is 4.31 Å². The van der Waals surface area contributed by atoms with Crippen LogP contribution in [0.1, 0.15) is 24.8 Å². The minimum absolute atomic E-state index is 0.0824. The van der Waals surface area contributed by atoms with E-state index < -0.39 is 10.0 Å². The Hall–Kier alpha value is -0.430. The minimum Gasteiger partial charge on any atom is -0.317 e. The summed E-state index contributed by atoms with van der Waals surface area (Å²) in [4.78, 5) is 0.373. The van der Waals surface area contributed by atoms with E-state index in [1.54, 1.807) is 29.6 Å². The first kappa shape index (κ1) is 15.9. The van der Waals surface area contributed by atoms with Crippen molar-refractivity contribution in [1.82, 2.24) is 9.62 Å². The highest BCUT2D eigenvalue weighted by molar-refractivity contribution is 9.10. The highest BCUT2D eigenvalue weighted by Gasteiger charge is 2.28. The van der Waals surface area contributed by atoms with Gasteiger partial charge in [-0.1, -0.05) is 15.9 Å². The normalized spacial score (nSPS) is 20.9. The molecule has 0 aromatic heterocycles. The van der Waals surface area contributed by atoms with Gasteiger partial charge in [0.2, 0.25) is 10.0 Å². The lowest BCUT2D eigenvalue weighted by molar-refractivity contribution is 0.341. The van der Waals surface area contributed by atoms with Crippen LogP contribution < -0.4 is 5.32 Å². The van der Waals surface area contributed by atoms with E-state index in [1.165, 1.54) is 0 Å². The highest BCUT2D eigenvalue weighted by Crippen LogP contribution is 2.25. The van der Waals surface area contributed by atoms with Crippen LogP contribution in [-0.4, -0.2) is 38.9 Å². The average molecular weight is 361 g/mol. The van der Waals surface area contributed by atoms with E-state index in [0.29, 0.717) is 4.90 Å². The van der Waals surface area contributed by atoms with Crippen molar-refractivity contribution in [3.8, 4) is 0 Å². The monoisotopic (exact) mass is 360 g/mol. The summed E-state index contributed by atoms with van der Waals surface area (Å²) in [6.07, 6.45) is 2.80. The average Bonchev–Trinajstić information content (AvgIpc) is 2.69. The number of sulfonamides is 1. The molecule has 0 amide bonds. The van der Waals surface area contributed by atoms with E-state index in [2.05, 4.69) is 21.2 Å². The molecule has 0 aliphatic carbocycles. The van der Waals surface area contributed by atoms with E-state index in [4.69, 9.17) is 0 Å². The van der Waals surface area contributed by atoms with Gasteiger partial charge in [-0.25, -0.2) is 8.42 Å². The minimum atomic E-state index is -3.41. The van der Waals surface area contributed by atoms with Gasteiger partial charge < -0.3 is 5.32 Å². The summed E-state index contributed by atoms with van der Waals surface area (Å²) in [5.74, 6) is 0. The molecule has 20 heavy (non-hydrogen) atoms. The largest absolute Gasteiger partial charge is 0.317 e. The quantitative estimate of drug-likeness (QED) is 0.900. The Morgan fingerprint density at radius 3 is 2.75 bits per heavy atom. The van der Waals surface area contributed by atoms with Gasteiger partial charge in [0.05, 0.1) is 4.90 Å². The molecule has 0 bridgehead atoms. The van der Waals surface area contributed by atoms with Crippen molar-refractivity contribution in [3.63, 3.8) is 0 Å². The molecule has 0 spiro atoms. The third kappa shape index (κ3) is 3.42. The summed E-state index contributed by atoms with van der Waals surface area (Å²) in [7, 11) is -1.71. The molecule has 6 heteroatoms. The number of nitrogens with zero attached hydrogens (tertiary/aromatic N) is 1. The van der Waals surface area contributed by atoms with Gasteiger partial charge >= 0.3 is 0 Å². The molecule has 1 aliphatic heterocycles. The summed E-state index contributed by atoms with van der Waals surface area (Å²) < 4.78 is 27.9. The number of benzene rings is 1. The van der Waals surface area contributed by atoms with Crippen molar-refractivity contribution >= 4 is 26.0 Å².